The molecule has 1 amide bonds. The van der Waals surface area contributed by atoms with Gasteiger partial charge < -0.3 is 20.1 Å². The molecule has 5 fully saturated rings. The molecule has 5 aliphatic rings. The van der Waals surface area contributed by atoms with Crippen molar-refractivity contribution in [2.75, 3.05) is 26.4 Å². The van der Waals surface area contributed by atoms with Crippen LogP contribution in [0, 0.1) is 5.41 Å². The minimum absolute atomic E-state index is 0.152. The van der Waals surface area contributed by atoms with Gasteiger partial charge in [0.05, 0.1) is 31.6 Å². The summed E-state index contributed by atoms with van der Waals surface area (Å²) in [5, 5.41) is 0. The average Bonchev–Trinajstić information content (AvgIpc) is 3.08. The third kappa shape index (κ3) is 3.58. The van der Waals surface area contributed by atoms with Crippen LogP contribution in [-0.4, -0.2) is 49.3 Å². The Labute approximate surface area is 183 Å². The van der Waals surface area contributed by atoms with Gasteiger partial charge in [-0.1, -0.05) is 12.1 Å². The molecule has 6 rings (SSSR count). The molecule has 2 unspecified atom stereocenters. The Kier molecular flexibility index (Phi) is 5.55. The van der Waals surface area contributed by atoms with Crippen molar-refractivity contribution in [2.45, 2.75) is 68.9 Å². The second-order valence-corrected chi connectivity index (χ2v) is 9.98. The van der Waals surface area contributed by atoms with E-state index in [9.17, 15) is 9.18 Å². The molecular formula is C25H33FN2O3. The number of benzene rings is 1. The lowest BCUT2D eigenvalue weighted by Gasteiger charge is -2.54. The quantitative estimate of drug-likeness (QED) is 0.747. The maximum Gasteiger partial charge on any atom is 0.229 e. The number of halogens is 1. The van der Waals surface area contributed by atoms with Crippen LogP contribution in [0.2, 0.25) is 0 Å². The number of carbonyl (C=O) groups excluding carboxylic acids is 1. The first-order valence-corrected chi connectivity index (χ1v) is 11.7. The smallest absolute Gasteiger partial charge is 0.229 e. The fraction of sp³-hybridized carbons (Fsp3) is 0.640. The van der Waals surface area contributed by atoms with Crippen LogP contribution in [0.15, 0.2) is 36.2 Å². The van der Waals surface area contributed by atoms with Crippen molar-refractivity contribution in [2.24, 2.45) is 11.1 Å². The Morgan fingerprint density at radius 3 is 2.26 bits per heavy atom. The molecule has 31 heavy (non-hydrogen) atoms. The maximum absolute atomic E-state index is 13.7. The standard InChI is InChI=1S/C25H33FN2O3/c26-13-18(14-27)15-31-22-5-1-19(2-6-22)24-7-10-25(11-8-24,12-9-24)23(29)28-20-3-4-21(28)17-30-16-20/h1-2,5-6,13,20-21H,3-4,7-12,14-17,27H2/b18-13+. The Balaban J connectivity index is 1.25. The summed E-state index contributed by atoms with van der Waals surface area (Å²) < 4.78 is 24.0. The number of amides is 1. The van der Waals surface area contributed by atoms with Gasteiger partial charge in [0.1, 0.15) is 12.4 Å². The highest BCUT2D eigenvalue weighted by Crippen LogP contribution is 2.59. The second kappa shape index (κ2) is 8.21. The highest BCUT2D eigenvalue weighted by atomic mass is 19.1. The predicted molar refractivity (Wildman–Crippen MR) is 116 cm³/mol. The van der Waals surface area contributed by atoms with Gasteiger partial charge in [-0.25, -0.2) is 4.39 Å². The highest BCUT2D eigenvalue weighted by molar-refractivity contribution is 5.84. The number of hydrogen-bond donors (Lipinski definition) is 1. The molecule has 0 spiro atoms. The minimum atomic E-state index is -0.152. The fourth-order valence-electron chi connectivity index (χ4n) is 6.39. The number of ether oxygens (including phenoxy) is 2. The largest absolute Gasteiger partial charge is 0.489 e. The van der Waals surface area contributed by atoms with Gasteiger partial charge in [-0.15, -0.1) is 0 Å². The fourth-order valence-corrected chi connectivity index (χ4v) is 6.39. The van der Waals surface area contributed by atoms with Crippen LogP contribution in [0.5, 0.6) is 5.75 Å². The topological polar surface area (TPSA) is 64.8 Å². The molecule has 0 radical (unpaired) electrons. The summed E-state index contributed by atoms with van der Waals surface area (Å²) in [6.45, 7) is 1.75. The van der Waals surface area contributed by atoms with Crippen LogP contribution in [0.1, 0.15) is 56.9 Å². The van der Waals surface area contributed by atoms with Crippen molar-refractivity contribution in [3.8, 4) is 5.75 Å². The number of carbonyl (C=O) groups is 1. The molecule has 4 bridgehead atoms. The summed E-state index contributed by atoms with van der Waals surface area (Å²) >= 11 is 0. The zero-order chi connectivity index (χ0) is 21.5. The molecular weight excluding hydrogens is 395 g/mol. The second-order valence-electron chi connectivity index (χ2n) is 9.98. The lowest BCUT2D eigenvalue weighted by molar-refractivity contribution is -0.159. The predicted octanol–water partition coefficient (Wildman–Crippen LogP) is 3.86. The number of hydrogen-bond acceptors (Lipinski definition) is 4. The Bertz CT molecular complexity index is 812. The van der Waals surface area contributed by atoms with Gasteiger partial charge in [-0.05, 0) is 74.5 Å². The summed E-state index contributed by atoms with van der Waals surface area (Å²) in [7, 11) is 0. The normalized spacial score (nSPS) is 34.8. The van der Waals surface area contributed by atoms with E-state index < -0.39 is 0 Å². The third-order valence-corrected chi connectivity index (χ3v) is 8.48. The van der Waals surface area contributed by atoms with E-state index in [4.69, 9.17) is 15.2 Å². The van der Waals surface area contributed by atoms with E-state index >= 15 is 0 Å². The van der Waals surface area contributed by atoms with Gasteiger partial charge in [-0.3, -0.25) is 4.79 Å². The SMILES string of the molecule is NC/C(=C\F)COc1ccc(C23CCC(C(=O)N4C5CCC4COC5)(CC2)CC3)cc1. The average molecular weight is 429 g/mol. The molecule has 1 aromatic rings. The van der Waals surface area contributed by atoms with Crippen LogP contribution in [0.25, 0.3) is 0 Å². The molecule has 3 aliphatic carbocycles. The van der Waals surface area contributed by atoms with Crippen molar-refractivity contribution in [1.29, 1.82) is 0 Å². The van der Waals surface area contributed by atoms with E-state index in [1.165, 1.54) is 5.56 Å². The number of nitrogens with zero attached hydrogens (tertiary/aromatic N) is 1. The van der Waals surface area contributed by atoms with E-state index in [0.717, 1.165) is 57.1 Å². The summed E-state index contributed by atoms with van der Waals surface area (Å²) in [6, 6.07) is 8.85. The maximum atomic E-state index is 13.7. The number of fused-ring (bicyclic) bond motifs is 5. The van der Waals surface area contributed by atoms with Crippen molar-refractivity contribution in [3.63, 3.8) is 0 Å². The third-order valence-electron chi connectivity index (χ3n) is 8.48. The lowest BCUT2D eigenvalue weighted by atomic mass is 9.51. The molecule has 168 valence electrons. The number of morpholine rings is 1. The van der Waals surface area contributed by atoms with Crippen molar-refractivity contribution < 1.29 is 18.7 Å². The van der Waals surface area contributed by atoms with Gasteiger partial charge in [0.2, 0.25) is 5.91 Å². The van der Waals surface area contributed by atoms with Gasteiger partial charge >= 0.3 is 0 Å². The van der Waals surface area contributed by atoms with Gasteiger partial charge in [0.15, 0.2) is 0 Å². The van der Waals surface area contributed by atoms with E-state index in [0.29, 0.717) is 43.1 Å². The molecule has 6 heteroatoms. The van der Waals surface area contributed by atoms with E-state index in [1.807, 2.05) is 12.1 Å². The molecule has 2 atom stereocenters. The zero-order valence-electron chi connectivity index (χ0n) is 18.2. The number of nitrogens with two attached hydrogens (primary N) is 1. The van der Waals surface area contributed by atoms with Gasteiger partial charge in [0, 0.05) is 17.5 Å². The van der Waals surface area contributed by atoms with Crippen LogP contribution in [-0.2, 0) is 14.9 Å². The summed E-state index contributed by atoms with van der Waals surface area (Å²) in [6.07, 6.45) is 8.89. The van der Waals surface area contributed by atoms with Gasteiger partial charge in [-0.2, -0.15) is 0 Å². The molecule has 1 aromatic carbocycles. The Hall–Kier alpha value is -1.92. The first kappa shape index (κ1) is 21.0. The van der Waals surface area contributed by atoms with Crippen LogP contribution in [0.3, 0.4) is 0 Å². The molecule has 0 aromatic heterocycles. The Morgan fingerprint density at radius 2 is 1.71 bits per heavy atom. The first-order valence-electron chi connectivity index (χ1n) is 11.7. The Morgan fingerprint density at radius 1 is 1.10 bits per heavy atom. The number of rotatable bonds is 6. The van der Waals surface area contributed by atoms with Crippen molar-refractivity contribution in [3.05, 3.63) is 41.7 Å². The lowest BCUT2D eigenvalue weighted by Crippen LogP contribution is -2.58. The molecule has 2 saturated heterocycles. The van der Waals surface area contributed by atoms with Crippen LogP contribution in [0.4, 0.5) is 4.39 Å². The van der Waals surface area contributed by atoms with E-state index in [-0.39, 0.29) is 24.0 Å². The molecule has 3 saturated carbocycles. The van der Waals surface area contributed by atoms with Gasteiger partial charge in [0.25, 0.3) is 0 Å². The highest BCUT2D eigenvalue weighted by Gasteiger charge is 2.56. The molecule has 5 nitrogen and oxygen atoms in total. The summed E-state index contributed by atoms with van der Waals surface area (Å²) in [4.78, 5) is 15.9. The van der Waals surface area contributed by atoms with E-state index in [2.05, 4.69) is 17.0 Å². The summed E-state index contributed by atoms with van der Waals surface area (Å²) in [5.74, 6) is 1.14. The molecule has 2 aliphatic heterocycles. The van der Waals surface area contributed by atoms with Crippen LogP contribution < -0.4 is 10.5 Å². The molecule has 2 N–H and O–H groups in total. The van der Waals surface area contributed by atoms with Crippen LogP contribution >= 0.6 is 0 Å². The first-order chi connectivity index (χ1) is 15.1. The van der Waals surface area contributed by atoms with E-state index in [1.54, 1.807) is 0 Å². The van der Waals surface area contributed by atoms with Crippen molar-refractivity contribution >= 4 is 5.91 Å². The zero-order valence-corrected chi connectivity index (χ0v) is 18.2. The monoisotopic (exact) mass is 428 g/mol. The minimum Gasteiger partial charge on any atom is -0.489 e. The van der Waals surface area contributed by atoms with Crippen molar-refractivity contribution in [1.82, 2.24) is 4.90 Å². The summed E-state index contributed by atoms with van der Waals surface area (Å²) in [5.41, 5.74) is 7.29. The molecule has 2 heterocycles.